The fourth-order valence-corrected chi connectivity index (χ4v) is 1.23. The third kappa shape index (κ3) is 4.13. The molecule has 0 aromatic carbocycles. The van der Waals surface area contributed by atoms with Gasteiger partial charge in [-0.3, -0.25) is 10.1 Å². The molecule has 1 heterocycles. The van der Waals surface area contributed by atoms with Gasteiger partial charge in [-0.05, 0) is 35.0 Å². The maximum Gasteiger partial charge on any atom is 0.411 e. The van der Waals surface area contributed by atoms with Crippen LogP contribution < -0.4 is 5.32 Å². The van der Waals surface area contributed by atoms with E-state index < -0.39 is 16.6 Å². The molecule has 0 aliphatic carbocycles. The van der Waals surface area contributed by atoms with Crippen molar-refractivity contribution in [2.45, 2.75) is 6.92 Å². The van der Waals surface area contributed by atoms with Crippen LogP contribution in [0.4, 0.5) is 5.82 Å². The summed E-state index contributed by atoms with van der Waals surface area (Å²) < 4.78 is 5.33. The minimum absolute atomic E-state index is 0.0700. The summed E-state index contributed by atoms with van der Waals surface area (Å²) in [5.74, 6) is -0.617. The number of ether oxygens (including phenoxy) is 1. The number of nitro groups is 1. The van der Waals surface area contributed by atoms with Crippen molar-refractivity contribution in [3.05, 3.63) is 44.8 Å². The highest BCUT2D eigenvalue weighted by Crippen LogP contribution is 2.11. The number of carbonyl (C=O) groups excluding carboxylic acids is 1. The van der Waals surface area contributed by atoms with E-state index in [1.54, 1.807) is 19.1 Å². The van der Waals surface area contributed by atoms with Gasteiger partial charge in [-0.1, -0.05) is 0 Å². The summed E-state index contributed by atoms with van der Waals surface area (Å²) in [4.78, 5) is 25.0. The van der Waals surface area contributed by atoms with Crippen LogP contribution in [0.1, 0.15) is 6.92 Å². The van der Waals surface area contributed by atoms with Gasteiger partial charge in [-0.25, -0.2) is 9.78 Å². The highest BCUT2D eigenvalue weighted by Gasteiger charge is 2.23. The standard InChI is InChI=1S/C10H10BrN3O4/c1-2-18-10(15)8(14(16)17)6-13-9-4-3-7(11)5-12-9/h3-6H,2H2,1H3,(H,12,13). The van der Waals surface area contributed by atoms with Crippen LogP contribution in [0.15, 0.2) is 34.7 Å². The lowest BCUT2D eigenvalue weighted by Gasteiger charge is -2.01. The van der Waals surface area contributed by atoms with Crippen molar-refractivity contribution in [2.75, 3.05) is 11.9 Å². The highest BCUT2D eigenvalue weighted by atomic mass is 79.9. The SMILES string of the molecule is CCOC(=O)C(=CNc1ccc(Br)cn1)[N+](=O)[O-]. The van der Waals surface area contributed by atoms with Gasteiger partial charge in [-0.15, -0.1) is 0 Å². The predicted octanol–water partition coefficient (Wildman–Crippen LogP) is 1.94. The summed E-state index contributed by atoms with van der Waals surface area (Å²) in [5.41, 5.74) is -0.679. The zero-order chi connectivity index (χ0) is 13.5. The van der Waals surface area contributed by atoms with Gasteiger partial charge in [0.15, 0.2) is 0 Å². The Hall–Kier alpha value is -1.96. The second kappa shape index (κ2) is 6.70. The summed E-state index contributed by atoms with van der Waals surface area (Å²) in [6.07, 6.45) is 2.47. The Morgan fingerprint density at radius 3 is 2.89 bits per heavy atom. The molecule has 0 radical (unpaired) electrons. The van der Waals surface area contributed by atoms with Crippen LogP contribution in [0.3, 0.4) is 0 Å². The molecule has 8 heteroatoms. The Morgan fingerprint density at radius 2 is 2.39 bits per heavy atom. The van der Waals surface area contributed by atoms with E-state index in [2.05, 4.69) is 31.0 Å². The van der Waals surface area contributed by atoms with Crippen molar-refractivity contribution in [3.8, 4) is 0 Å². The van der Waals surface area contributed by atoms with Gasteiger partial charge in [0.25, 0.3) is 0 Å². The molecule has 7 nitrogen and oxygen atoms in total. The van der Waals surface area contributed by atoms with Crippen LogP contribution in [0.2, 0.25) is 0 Å². The van der Waals surface area contributed by atoms with E-state index >= 15 is 0 Å². The molecular formula is C10H10BrN3O4. The molecule has 0 bridgehead atoms. The van der Waals surface area contributed by atoms with Crippen LogP contribution in [-0.2, 0) is 9.53 Å². The topological polar surface area (TPSA) is 94.4 Å². The Kier molecular flexibility index (Phi) is 5.25. The van der Waals surface area contributed by atoms with Crippen LogP contribution in [0, 0.1) is 10.1 Å². The van der Waals surface area contributed by atoms with Crippen LogP contribution in [0.5, 0.6) is 0 Å². The van der Waals surface area contributed by atoms with Crippen LogP contribution in [0.25, 0.3) is 0 Å². The monoisotopic (exact) mass is 315 g/mol. The first-order chi connectivity index (χ1) is 8.54. The summed E-state index contributed by atoms with van der Waals surface area (Å²) in [5, 5.41) is 13.2. The van der Waals surface area contributed by atoms with Gasteiger partial charge < -0.3 is 10.1 Å². The first-order valence-corrected chi connectivity index (χ1v) is 5.73. The van der Waals surface area contributed by atoms with Gasteiger partial charge >= 0.3 is 11.7 Å². The van der Waals surface area contributed by atoms with E-state index in [1.807, 2.05) is 0 Å². The molecule has 0 aliphatic rings. The molecule has 0 aliphatic heterocycles. The molecule has 0 fully saturated rings. The molecule has 96 valence electrons. The van der Waals surface area contributed by atoms with Crippen molar-refractivity contribution in [3.63, 3.8) is 0 Å². The number of rotatable bonds is 5. The lowest BCUT2D eigenvalue weighted by molar-refractivity contribution is -0.421. The molecule has 0 saturated carbocycles. The highest BCUT2D eigenvalue weighted by molar-refractivity contribution is 9.10. The number of nitrogens with zero attached hydrogens (tertiary/aromatic N) is 2. The fraction of sp³-hybridized carbons (Fsp3) is 0.200. The molecule has 1 aromatic rings. The van der Waals surface area contributed by atoms with Crippen molar-refractivity contribution in [1.29, 1.82) is 0 Å². The van der Waals surface area contributed by atoms with E-state index in [1.165, 1.54) is 6.20 Å². The van der Waals surface area contributed by atoms with Crippen molar-refractivity contribution < 1.29 is 14.5 Å². The zero-order valence-corrected chi connectivity index (χ0v) is 11.0. The Balaban J connectivity index is 2.80. The van der Waals surface area contributed by atoms with Gasteiger partial charge in [0, 0.05) is 10.7 Å². The molecule has 1 rings (SSSR count). The number of hydrogen-bond acceptors (Lipinski definition) is 6. The first kappa shape index (κ1) is 14.1. The molecule has 1 N–H and O–H groups in total. The van der Waals surface area contributed by atoms with E-state index in [0.717, 1.165) is 10.7 Å². The lowest BCUT2D eigenvalue weighted by Crippen LogP contribution is -2.16. The number of pyridine rings is 1. The second-order valence-electron chi connectivity index (χ2n) is 3.01. The van der Waals surface area contributed by atoms with Crippen LogP contribution in [-0.4, -0.2) is 22.5 Å². The number of hydrogen-bond donors (Lipinski definition) is 1. The second-order valence-corrected chi connectivity index (χ2v) is 3.93. The minimum atomic E-state index is -0.993. The maximum absolute atomic E-state index is 11.3. The van der Waals surface area contributed by atoms with Crippen LogP contribution >= 0.6 is 15.9 Å². The van der Waals surface area contributed by atoms with Gasteiger partial charge in [0.2, 0.25) is 0 Å². The lowest BCUT2D eigenvalue weighted by atomic mass is 10.4. The van der Waals surface area contributed by atoms with Gasteiger partial charge in [0.1, 0.15) is 5.82 Å². The zero-order valence-electron chi connectivity index (χ0n) is 9.42. The Labute approximate surface area is 111 Å². The Bertz CT molecular complexity index is 473. The number of halogens is 1. The van der Waals surface area contributed by atoms with E-state index in [-0.39, 0.29) is 6.61 Å². The first-order valence-electron chi connectivity index (χ1n) is 4.94. The largest absolute Gasteiger partial charge is 0.458 e. The molecule has 0 saturated heterocycles. The fourth-order valence-electron chi connectivity index (χ4n) is 0.995. The number of nitrogens with one attached hydrogen (secondary N) is 1. The van der Waals surface area contributed by atoms with Crippen molar-refractivity contribution >= 4 is 27.7 Å². The summed E-state index contributed by atoms with van der Waals surface area (Å²) in [6, 6.07) is 3.31. The summed E-state index contributed by atoms with van der Waals surface area (Å²) in [6.45, 7) is 1.64. The molecule has 18 heavy (non-hydrogen) atoms. The van der Waals surface area contributed by atoms with Gasteiger partial charge in [-0.2, -0.15) is 0 Å². The molecule has 0 atom stereocenters. The third-order valence-corrected chi connectivity index (χ3v) is 2.23. The third-order valence-electron chi connectivity index (χ3n) is 1.77. The molecular weight excluding hydrogens is 306 g/mol. The number of carbonyl (C=O) groups is 1. The smallest absolute Gasteiger partial charge is 0.411 e. The number of esters is 1. The predicted molar refractivity (Wildman–Crippen MR) is 67.3 cm³/mol. The average Bonchev–Trinajstić information content (AvgIpc) is 2.31. The molecule has 0 unspecified atom stereocenters. The van der Waals surface area contributed by atoms with E-state index in [4.69, 9.17) is 0 Å². The maximum atomic E-state index is 11.3. The van der Waals surface area contributed by atoms with Gasteiger partial charge in [0.05, 0.1) is 17.7 Å². The Morgan fingerprint density at radius 1 is 1.67 bits per heavy atom. The van der Waals surface area contributed by atoms with Crippen molar-refractivity contribution in [2.24, 2.45) is 0 Å². The minimum Gasteiger partial charge on any atom is -0.458 e. The summed E-state index contributed by atoms with van der Waals surface area (Å²) >= 11 is 3.20. The average molecular weight is 316 g/mol. The summed E-state index contributed by atoms with van der Waals surface area (Å²) in [7, 11) is 0. The quantitative estimate of drug-likeness (QED) is 0.386. The van der Waals surface area contributed by atoms with Crippen molar-refractivity contribution in [1.82, 2.24) is 4.98 Å². The normalized spacial score (nSPS) is 10.9. The number of aromatic nitrogens is 1. The molecule has 0 amide bonds. The molecule has 0 spiro atoms. The molecule has 1 aromatic heterocycles. The number of anilines is 1. The van der Waals surface area contributed by atoms with E-state index in [0.29, 0.717) is 5.82 Å². The van der Waals surface area contributed by atoms with E-state index in [9.17, 15) is 14.9 Å².